The summed E-state index contributed by atoms with van der Waals surface area (Å²) < 4.78 is 2.26. The smallest absolute Gasteiger partial charge is 0.0792 e. The molecule has 0 saturated heterocycles. The quantitative estimate of drug-likeness (QED) is 0.205. The highest BCUT2D eigenvalue weighted by Gasteiger charge is 1.85. The van der Waals surface area contributed by atoms with Crippen molar-refractivity contribution >= 4 is 10.4 Å². The molecule has 0 saturated carbocycles. The standard InChI is InChI=1S/C6H13NSi.3C6H11N/c1-3-5-7(8)6-4-2;3*1-3-5-7-6-4-2/h3-4H,1-2,5-6H2,8H3;3*3-4,7H,1-2,5-6H2. The lowest BCUT2D eigenvalue weighted by molar-refractivity contribution is 0.558. The van der Waals surface area contributed by atoms with Gasteiger partial charge in [-0.15, -0.1) is 52.6 Å². The van der Waals surface area contributed by atoms with Gasteiger partial charge >= 0.3 is 0 Å². The molecule has 166 valence electrons. The van der Waals surface area contributed by atoms with E-state index in [9.17, 15) is 0 Å². The minimum absolute atomic E-state index is 0.867. The molecular weight excluding hydrogens is 372 g/mol. The van der Waals surface area contributed by atoms with Crippen LogP contribution in [0.1, 0.15) is 0 Å². The summed E-state index contributed by atoms with van der Waals surface area (Å²) in [5.74, 6) is 0. The van der Waals surface area contributed by atoms with E-state index in [0.29, 0.717) is 0 Å². The Hall–Kier alpha value is -2.02. The van der Waals surface area contributed by atoms with Gasteiger partial charge in [-0.1, -0.05) is 48.6 Å². The first-order valence-corrected chi connectivity index (χ1v) is 10.6. The van der Waals surface area contributed by atoms with Gasteiger partial charge in [0.15, 0.2) is 0 Å². The van der Waals surface area contributed by atoms with E-state index in [0.717, 1.165) is 62.8 Å². The van der Waals surface area contributed by atoms with Crippen molar-refractivity contribution in [1.82, 2.24) is 20.5 Å². The summed E-state index contributed by atoms with van der Waals surface area (Å²) in [4.78, 5) is 0. The Morgan fingerprint density at radius 3 is 0.793 bits per heavy atom. The molecule has 0 fully saturated rings. The summed E-state index contributed by atoms with van der Waals surface area (Å²) in [6.45, 7) is 35.7. The zero-order valence-corrected chi connectivity index (χ0v) is 20.9. The van der Waals surface area contributed by atoms with Gasteiger partial charge in [0, 0.05) is 52.4 Å². The molecule has 0 unspecified atom stereocenters. The summed E-state index contributed by atoms with van der Waals surface area (Å²) in [5.41, 5.74) is 0. The molecule has 0 aliphatic carbocycles. The van der Waals surface area contributed by atoms with Gasteiger partial charge in [0.25, 0.3) is 0 Å². The molecule has 29 heavy (non-hydrogen) atoms. The third-order valence-electron chi connectivity index (χ3n) is 2.61. The molecule has 0 heterocycles. The van der Waals surface area contributed by atoms with Crippen molar-refractivity contribution in [2.75, 3.05) is 52.4 Å². The van der Waals surface area contributed by atoms with Crippen LogP contribution in [0.5, 0.6) is 0 Å². The summed E-state index contributed by atoms with van der Waals surface area (Å²) in [6, 6.07) is 0. The molecule has 0 spiro atoms. The Kier molecular flexibility index (Phi) is 48.3. The molecule has 0 bridgehead atoms. The van der Waals surface area contributed by atoms with Crippen molar-refractivity contribution in [2.45, 2.75) is 0 Å². The Balaban J connectivity index is -0.000000144. The zero-order valence-electron chi connectivity index (χ0n) is 18.9. The van der Waals surface area contributed by atoms with Crippen LogP contribution >= 0.6 is 0 Å². The van der Waals surface area contributed by atoms with Crippen molar-refractivity contribution in [3.8, 4) is 0 Å². The molecule has 0 aromatic heterocycles. The summed E-state index contributed by atoms with van der Waals surface area (Å²) in [6.07, 6.45) is 14.8. The Morgan fingerprint density at radius 2 is 0.655 bits per heavy atom. The second kappa shape index (κ2) is 40.6. The maximum atomic E-state index is 3.63. The normalized spacial score (nSPS) is 8.45. The zero-order chi connectivity index (χ0) is 23.0. The van der Waals surface area contributed by atoms with Crippen LogP contribution in [0.4, 0.5) is 0 Å². The van der Waals surface area contributed by atoms with Gasteiger partial charge in [-0.3, -0.25) is 0 Å². The number of hydrogen-bond acceptors (Lipinski definition) is 4. The third-order valence-corrected chi connectivity index (χ3v) is 3.34. The average molecular weight is 419 g/mol. The van der Waals surface area contributed by atoms with Crippen LogP contribution < -0.4 is 16.0 Å². The van der Waals surface area contributed by atoms with Crippen LogP contribution in [0.2, 0.25) is 0 Å². The molecular formula is C24H46N4Si. The average Bonchev–Trinajstić information content (AvgIpc) is 2.71. The summed E-state index contributed by atoms with van der Waals surface area (Å²) in [5, 5.41) is 9.15. The molecule has 0 rings (SSSR count). The number of rotatable bonds is 16. The molecule has 0 amide bonds. The Bertz CT molecular complexity index is 329. The van der Waals surface area contributed by atoms with Crippen molar-refractivity contribution in [3.63, 3.8) is 0 Å². The van der Waals surface area contributed by atoms with E-state index >= 15 is 0 Å². The number of hydrogen-bond donors (Lipinski definition) is 3. The lowest BCUT2D eigenvalue weighted by atomic mass is 10.5. The molecule has 0 aromatic carbocycles. The van der Waals surface area contributed by atoms with Gasteiger partial charge in [0.05, 0.1) is 10.4 Å². The lowest BCUT2D eigenvalue weighted by Crippen LogP contribution is -2.19. The maximum absolute atomic E-state index is 3.63. The molecule has 5 heteroatoms. The van der Waals surface area contributed by atoms with Crippen LogP contribution in [0.3, 0.4) is 0 Å². The fourth-order valence-electron chi connectivity index (χ4n) is 1.38. The molecule has 0 atom stereocenters. The van der Waals surface area contributed by atoms with E-state index in [-0.39, 0.29) is 0 Å². The molecule has 4 nitrogen and oxygen atoms in total. The Morgan fingerprint density at radius 1 is 0.448 bits per heavy atom. The van der Waals surface area contributed by atoms with Gasteiger partial charge in [-0.25, -0.2) is 0 Å². The van der Waals surface area contributed by atoms with E-state index in [2.05, 4.69) is 73.1 Å². The first-order chi connectivity index (χ1) is 14.1. The van der Waals surface area contributed by atoms with Gasteiger partial charge in [-0.05, 0) is 0 Å². The van der Waals surface area contributed by atoms with E-state index in [1.165, 1.54) is 0 Å². The Labute approximate surface area is 184 Å². The first-order valence-electron chi connectivity index (χ1n) is 9.73. The van der Waals surface area contributed by atoms with E-state index < -0.39 is 0 Å². The summed E-state index contributed by atoms with van der Waals surface area (Å²) >= 11 is 0. The van der Waals surface area contributed by atoms with Crippen molar-refractivity contribution in [1.29, 1.82) is 0 Å². The van der Waals surface area contributed by atoms with E-state index in [1.54, 1.807) is 0 Å². The number of nitrogens with zero attached hydrogens (tertiary/aromatic N) is 1. The second-order valence-electron chi connectivity index (χ2n) is 5.51. The molecule has 0 aromatic rings. The fourth-order valence-corrected chi connectivity index (χ4v) is 1.89. The predicted octanol–water partition coefficient (Wildman–Crippen LogP) is 2.78. The monoisotopic (exact) mass is 418 g/mol. The largest absolute Gasteiger partial charge is 0.325 e. The molecule has 0 aliphatic rings. The molecule has 3 N–H and O–H groups in total. The maximum Gasteiger partial charge on any atom is 0.0792 e. The third kappa shape index (κ3) is 58.5. The SMILES string of the molecule is C=CCN([SiH3])CC=C.C=CCNCC=C.C=CCNCC=C.C=CCNCC=C. The van der Waals surface area contributed by atoms with E-state index in [1.807, 2.05) is 48.6 Å². The minimum Gasteiger partial charge on any atom is -0.325 e. The highest BCUT2D eigenvalue weighted by Crippen LogP contribution is 1.78. The van der Waals surface area contributed by atoms with Gasteiger partial charge in [0.2, 0.25) is 0 Å². The van der Waals surface area contributed by atoms with Crippen LogP contribution in [-0.2, 0) is 0 Å². The predicted molar refractivity (Wildman–Crippen MR) is 142 cm³/mol. The van der Waals surface area contributed by atoms with Crippen LogP contribution in [0.25, 0.3) is 0 Å². The summed E-state index contributed by atoms with van der Waals surface area (Å²) in [7, 11) is 1.10. The highest BCUT2D eigenvalue weighted by molar-refractivity contribution is 6.04. The number of nitrogens with one attached hydrogen (secondary N) is 3. The minimum atomic E-state index is 0.867. The second-order valence-corrected chi connectivity index (χ2v) is 6.77. The first kappa shape index (κ1) is 34.5. The van der Waals surface area contributed by atoms with Crippen molar-refractivity contribution < 1.29 is 0 Å². The molecule has 0 aliphatic heterocycles. The van der Waals surface area contributed by atoms with Gasteiger partial charge < -0.3 is 20.5 Å². The lowest BCUT2D eigenvalue weighted by Gasteiger charge is -2.09. The van der Waals surface area contributed by atoms with Gasteiger partial charge in [0.1, 0.15) is 0 Å². The molecule has 0 radical (unpaired) electrons. The van der Waals surface area contributed by atoms with Gasteiger partial charge in [-0.2, -0.15) is 0 Å². The topological polar surface area (TPSA) is 39.3 Å². The van der Waals surface area contributed by atoms with Crippen LogP contribution in [0.15, 0.2) is 101 Å². The van der Waals surface area contributed by atoms with Crippen LogP contribution in [0, 0.1) is 0 Å². The highest BCUT2D eigenvalue weighted by atomic mass is 28.2. The van der Waals surface area contributed by atoms with Crippen molar-refractivity contribution in [2.24, 2.45) is 0 Å². The van der Waals surface area contributed by atoms with Crippen molar-refractivity contribution in [3.05, 3.63) is 101 Å². The van der Waals surface area contributed by atoms with Crippen LogP contribution in [-0.4, -0.2) is 67.3 Å². The fraction of sp³-hybridized carbons (Fsp3) is 0.333. The van der Waals surface area contributed by atoms with E-state index in [4.69, 9.17) is 0 Å².